The lowest BCUT2D eigenvalue weighted by Crippen LogP contribution is -2.20. The van der Waals surface area contributed by atoms with Crippen LogP contribution >= 0.6 is 23.2 Å². The molecular formula is C15H11Cl2N9O. The molecule has 0 saturated heterocycles. The molecule has 4 aromatic heterocycles. The van der Waals surface area contributed by atoms with Gasteiger partial charge in [-0.15, -0.1) is 4.80 Å². The van der Waals surface area contributed by atoms with Crippen molar-refractivity contribution in [2.75, 3.05) is 10.6 Å². The quantitative estimate of drug-likeness (QED) is 0.543. The maximum absolute atomic E-state index is 12.3. The van der Waals surface area contributed by atoms with Gasteiger partial charge >= 0.3 is 6.03 Å². The molecule has 0 radical (unpaired) electrons. The molecule has 0 bridgehead atoms. The summed E-state index contributed by atoms with van der Waals surface area (Å²) in [6.07, 6.45) is 7.57. The first-order valence-corrected chi connectivity index (χ1v) is 8.37. The van der Waals surface area contributed by atoms with Crippen molar-refractivity contribution >= 4 is 46.3 Å². The molecule has 0 atom stereocenters. The number of pyridine rings is 1. The van der Waals surface area contributed by atoms with Crippen LogP contribution in [0.15, 0.2) is 37.1 Å². The van der Waals surface area contributed by atoms with Crippen molar-refractivity contribution in [3.8, 4) is 5.82 Å². The van der Waals surface area contributed by atoms with Gasteiger partial charge in [-0.05, 0) is 13.0 Å². The number of fused-ring (bicyclic) bond motifs is 1. The molecule has 12 heteroatoms. The number of hydrogen-bond acceptors (Lipinski definition) is 6. The number of aryl methyl sites for hydroxylation is 1. The largest absolute Gasteiger partial charge is 0.323 e. The highest BCUT2D eigenvalue weighted by molar-refractivity contribution is 6.32. The van der Waals surface area contributed by atoms with E-state index in [1.807, 2.05) is 0 Å². The Morgan fingerprint density at radius 3 is 2.63 bits per heavy atom. The van der Waals surface area contributed by atoms with Gasteiger partial charge in [-0.25, -0.2) is 19.3 Å². The van der Waals surface area contributed by atoms with Gasteiger partial charge < -0.3 is 10.6 Å². The minimum atomic E-state index is -0.482. The molecule has 10 nitrogen and oxygen atoms in total. The van der Waals surface area contributed by atoms with Gasteiger partial charge in [-0.1, -0.05) is 23.2 Å². The van der Waals surface area contributed by atoms with E-state index >= 15 is 0 Å². The summed E-state index contributed by atoms with van der Waals surface area (Å²) in [7, 11) is 0. The normalized spacial score (nSPS) is 10.9. The lowest BCUT2D eigenvalue weighted by molar-refractivity contribution is 0.262. The summed E-state index contributed by atoms with van der Waals surface area (Å²) < 4.78 is 1.53. The maximum Gasteiger partial charge on any atom is 0.323 e. The third-order valence-corrected chi connectivity index (χ3v) is 4.11. The van der Waals surface area contributed by atoms with Crippen LogP contribution in [0.1, 0.15) is 5.56 Å². The van der Waals surface area contributed by atoms with Crippen LogP contribution in [0.4, 0.5) is 16.2 Å². The molecule has 0 saturated carbocycles. The fraction of sp³-hybridized carbons (Fsp3) is 0.0667. The van der Waals surface area contributed by atoms with E-state index in [9.17, 15) is 4.79 Å². The molecule has 4 aromatic rings. The SMILES string of the molecule is Cc1c(NC(=O)Nc2cnc(-n3nccn3)c(Cl)c2)cnn2cc(Cl)nc12. The van der Waals surface area contributed by atoms with Crippen LogP contribution in [-0.4, -0.2) is 40.6 Å². The first-order chi connectivity index (χ1) is 13.0. The average Bonchev–Trinajstić information content (AvgIpc) is 3.27. The Kier molecular flexibility index (Phi) is 4.34. The van der Waals surface area contributed by atoms with Crippen molar-refractivity contribution in [2.24, 2.45) is 0 Å². The minimum absolute atomic E-state index is 0.287. The number of imidazole rings is 1. The van der Waals surface area contributed by atoms with E-state index in [1.54, 1.807) is 19.2 Å². The van der Waals surface area contributed by atoms with Gasteiger partial charge in [0, 0.05) is 5.56 Å². The Morgan fingerprint density at radius 1 is 1.11 bits per heavy atom. The van der Waals surface area contributed by atoms with E-state index < -0.39 is 6.03 Å². The molecule has 0 unspecified atom stereocenters. The number of nitrogens with one attached hydrogen (secondary N) is 2. The number of carbonyl (C=O) groups excluding carboxylic acids is 1. The summed E-state index contributed by atoms with van der Waals surface area (Å²) >= 11 is 12.1. The number of rotatable bonds is 3. The summed E-state index contributed by atoms with van der Waals surface area (Å²) in [5, 5.41) is 18.1. The van der Waals surface area contributed by atoms with Crippen LogP contribution in [0.25, 0.3) is 11.5 Å². The number of aromatic nitrogens is 7. The maximum atomic E-state index is 12.3. The Bertz CT molecular complexity index is 1140. The van der Waals surface area contributed by atoms with Crippen molar-refractivity contribution in [3.05, 3.63) is 52.8 Å². The second-order valence-corrected chi connectivity index (χ2v) is 6.24. The molecule has 2 N–H and O–H groups in total. The van der Waals surface area contributed by atoms with Gasteiger partial charge in [0.05, 0.1) is 47.4 Å². The van der Waals surface area contributed by atoms with Gasteiger partial charge in [0.1, 0.15) is 5.15 Å². The molecule has 0 spiro atoms. The van der Waals surface area contributed by atoms with Gasteiger partial charge in [0.25, 0.3) is 0 Å². The predicted octanol–water partition coefficient (Wildman–Crippen LogP) is 2.96. The molecule has 4 rings (SSSR count). The van der Waals surface area contributed by atoms with E-state index in [4.69, 9.17) is 23.2 Å². The molecule has 0 fully saturated rings. The summed E-state index contributed by atoms with van der Waals surface area (Å²) in [5.74, 6) is 0.356. The van der Waals surface area contributed by atoms with Crippen molar-refractivity contribution in [1.29, 1.82) is 0 Å². The fourth-order valence-corrected chi connectivity index (χ4v) is 2.82. The van der Waals surface area contributed by atoms with Crippen molar-refractivity contribution in [1.82, 2.24) is 34.6 Å². The summed E-state index contributed by atoms with van der Waals surface area (Å²) in [6.45, 7) is 1.81. The van der Waals surface area contributed by atoms with Crippen LogP contribution in [0.3, 0.4) is 0 Å². The number of halogens is 2. The third-order valence-electron chi connectivity index (χ3n) is 3.65. The lowest BCUT2D eigenvalue weighted by Gasteiger charge is -2.10. The number of nitrogens with zero attached hydrogens (tertiary/aromatic N) is 7. The highest BCUT2D eigenvalue weighted by Gasteiger charge is 2.12. The zero-order valence-electron chi connectivity index (χ0n) is 13.8. The second-order valence-electron chi connectivity index (χ2n) is 5.44. The van der Waals surface area contributed by atoms with E-state index in [0.717, 1.165) is 5.56 Å². The Hall–Kier alpha value is -3.24. The molecule has 2 amide bonds. The van der Waals surface area contributed by atoms with Crippen LogP contribution in [0, 0.1) is 6.92 Å². The van der Waals surface area contributed by atoms with Crippen LogP contribution < -0.4 is 10.6 Å². The molecule has 4 heterocycles. The van der Waals surface area contributed by atoms with Crippen LogP contribution in [0.2, 0.25) is 10.2 Å². The molecule has 0 aromatic carbocycles. The average molecular weight is 404 g/mol. The zero-order chi connectivity index (χ0) is 19.0. The van der Waals surface area contributed by atoms with E-state index in [-0.39, 0.29) is 5.02 Å². The fourth-order valence-electron chi connectivity index (χ4n) is 2.41. The third kappa shape index (κ3) is 3.39. The molecule has 0 aliphatic rings. The molecule has 0 aliphatic carbocycles. The predicted molar refractivity (Wildman–Crippen MR) is 99.5 cm³/mol. The highest BCUT2D eigenvalue weighted by atomic mass is 35.5. The van der Waals surface area contributed by atoms with Gasteiger partial charge in [-0.2, -0.15) is 15.3 Å². The summed E-state index contributed by atoms with van der Waals surface area (Å²) in [4.78, 5) is 21.9. The van der Waals surface area contributed by atoms with Crippen LogP contribution in [-0.2, 0) is 0 Å². The minimum Gasteiger partial charge on any atom is -0.306 e. The zero-order valence-corrected chi connectivity index (χ0v) is 15.3. The number of amides is 2. The van der Waals surface area contributed by atoms with Gasteiger partial charge in [-0.3, -0.25) is 0 Å². The monoisotopic (exact) mass is 403 g/mol. The number of carbonyl (C=O) groups is 1. The summed E-state index contributed by atoms with van der Waals surface area (Å²) in [6, 6.07) is 1.07. The number of hydrogen-bond donors (Lipinski definition) is 2. The molecule has 27 heavy (non-hydrogen) atoms. The highest BCUT2D eigenvalue weighted by Crippen LogP contribution is 2.22. The first kappa shape index (κ1) is 17.2. The molecule has 136 valence electrons. The van der Waals surface area contributed by atoms with Crippen molar-refractivity contribution < 1.29 is 4.79 Å². The number of urea groups is 1. The Labute approximate surface area is 162 Å². The topological polar surface area (TPSA) is 115 Å². The Balaban J connectivity index is 1.51. The van der Waals surface area contributed by atoms with Crippen molar-refractivity contribution in [3.63, 3.8) is 0 Å². The standard InChI is InChI=1S/C15H11Cl2N9O/c1-8-11(6-21-25-7-12(17)24-13(8)25)23-15(27)22-9-4-10(16)14(18-5-9)26-19-2-3-20-26/h2-7H,1H3,(H2,22,23,27). The molecule has 0 aliphatic heterocycles. The smallest absolute Gasteiger partial charge is 0.306 e. The van der Waals surface area contributed by atoms with E-state index in [1.165, 1.54) is 34.1 Å². The summed E-state index contributed by atoms with van der Waals surface area (Å²) in [5.41, 5.74) is 2.18. The van der Waals surface area contributed by atoms with Gasteiger partial charge in [0.15, 0.2) is 11.5 Å². The number of anilines is 2. The molecular weight excluding hydrogens is 393 g/mol. The van der Waals surface area contributed by atoms with Crippen LogP contribution in [0.5, 0.6) is 0 Å². The second kappa shape index (κ2) is 6.82. The first-order valence-electron chi connectivity index (χ1n) is 7.62. The van der Waals surface area contributed by atoms with E-state index in [2.05, 4.69) is 35.9 Å². The van der Waals surface area contributed by atoms with E-state index in [0.29, 0.717) is 28.0 Å². The van der Waals surface area contributed by atoms with Gasteiger partial charge in [0.2, 0.25) is 0 Å². The Morgan fingerprint density at radius 2 is 1.89 bits per heavy atom. The lowest BCUT2D eigenvalue weighted by atomic mass is 10.3. The van der Waals surface area contributed by atoms with Crippen molar-refractivity contribution in [2.45, 2.75) is 6.92 Å².